The van der Waals surface area contributed by atoms with Gasteiger partial charge in [-0.1, -0.05) is 12.8 Å². The van der Waals surface area contributed by atoms with E-state index in [0.717, 1.165) is 19.5 Å². The van der Waals surface area contributed by atoms with Gasteiger partial charge in [0, 0.05) is 31.7 Å². The molecule has 3 nitrogen and oxygen atoms in total. The van der Waals surface area contributed by atoms with Gasteiger partial charge < -0.3 is 15.1 Å². The lowest BCUT2D eigenvalue weighted by molar-refractivity contribution is 0.0530. The first-order chi connectivity index (χ1) is 8.28. The van der Waals surface area contributed by atoms with E-state index >= 15 is 0 Å². The van der Waals surface area contributed by atoms with Crippen molar-refractivity contribution in [3.05, 3.63) is 0 Å². The number of likely N-dealkylation sites (tertiary alicyclic amines) is 1. The normalized spacial score (nSPS) is 29.6. The smallest absolute Gasteiger partial charge is 0.0499 e. The van der Waals surface area contributed by atoms with Crippen LogP contribution in [-0.2, 0) is 0 Å². The Labute approximate surface area is 105 Å². The first-order valence-electron chi connectivity index (χ1n) is 7.22. The molecule has 2 rings (SSSR count). The lowest BCUT2D eigenvalue weighted by Crippen LogP contribution is -2.43. The fraction of sp³-hybridized carbons (Fsp3) is 1.00. The van der Waals surface area contributed by atoms with Crippen LogP contribution in [0.4, 0.5) is 0 Å². The summed E-state index contributed by atoms with van der Waals surface area (Å²) in [5.74, 6) is 0.672. The summed E-state index contributed by atoms with van der Waals surface area (Å²) in [7, 11) is 0. The number of hydrogen-bond acceptors (Lipinski definition) is 3. The summed E-state index contributed by atoms with van der Waals surface area (Å²) >= 11 is 0. The highest BCUT2D eigenvalue weighted by Crippen LogP contribution is 2.39. The van der Waals surface area contributed by atoms with Gasteiger partial charge in [0.2, 0.25) is 0 Å². The maximum absolute atomic E-state index is 9.65. The zero-order chi connectivity index (χ0) is 12.1. The Morgan fingerprint density at radius 1 is 1.12 bits per heavy atom. The van der Waals surface area contributed by atoms with Crippen molar-refractivity contribution >= 4 is 0 Å². The number of hydrogen-bond donors (Lipinski definition) is 2. The van der Waals surface area contributed by atoms with Gasteiger partial charge in [-0.15, -0.1) is 0 Å². The average Bonchev–Trinajstić information content (AvgIpc) is 2.79. The Morgan fingerprint density at radius 3 is 2.53 bits per heavy atom. The summed E-state index contributed by atoms with van der Waals surface area (Å²) < 4.78 is 0. The predicted molar refractivity (Wildman–Crippen MR) is 68.9 cm³/mol. The van der Waals surface area contributed by atoms with Crippen LogP contribution in [0, 0.1) is 11.3 Å². The van der Waals surface area contributed by atoms with Crippen LogP contribution in [-0.4, -0.2) is 48.0 Å². The van der Waals surface area contributed by atoms with Crippen molar-refractivity contribution in [2.75, 3.05) is 32.8 Å². The molecule has 0 aromatic carbocycles. The minimum atomic E-state index is 0.196. The van der Waals surface area contributed by atoms with Crippen LogP contribution in [0.2, 0.25) is 0 Å². The van der Waals surface area contributed by atoms with Crippen LogP contribution in [0.25, 0.3) is 0 Å². The van der Waals surface area contributed by atoms with Crippen molar-refractivity contribution in [1.29, 1.82) is 0 Å². The van der Waals surface area contributed by atoms with Crippen LogP contribution < -0.4 is 0 Å². The molecule has 0 aromatic rings. The fourth-order valence-electron chi connectivity index (χ4n) is 3.68. The number of aliphatic hydroxyl groups excluding tert-OH is 2. The Balaban J connectivity index is 1.85. The Bertz CT molecular complexity index is 224. The topological polar surface area (TPSA) is 43.7 Å². The maximum Gasteiger partial charge on any atom is 0.0499 e. The fourth-order valence-corrected chi connectivity index (χ4v) is 3.68. The molecule has 1 saturated carbocycles. The van der Waals surface area contributed by atoms with Gasteiger partial charge in [0.25, 0.3) is 0 Å². The highest BCUT2D eigenvalue weighted by molar-refractivity contribution is 4.88. The molecular weight excluding hydrogens is 214 g/mol. The highest BCUT2D eigenvalue weighted by atomic mass is 16.3. The van der Waals surface area contributed by atoms with Crippen molar-refractivity contribution in [1.82, 2.24) is 4.90 Å². The van der Waals surface area contributed by atoms with E-state index in [-0.39, 0.29) is 5.41 Å². The summed E-state index contributed by atoms with van der Waals surface area (Å²) in [5, 5.41) is 18.7. The predicted octanol–water partition coefficient (Wildman–Crippen LogP) is 1.63. The molecule has 1 aliphatic carbocycles. The standard InChI is InChI=1S/C14H27NO2/c16-9-5-13-4-3-8-15(10-13)11-14(12-17)6-1-2-7-14/h13,16-17H,1-12H2. The van der Waals surface area contributed by atoms with Crippen LogP contribution in [0.15, 0.2) is 0 Å². The summed E-state index contributed by atoms with van der Waals surface area (Å²) in [6.07, 6.45) is 8.44. The first kappa shape index (κ1) is 13.3. The van der Waals surface area contributed by atoms with Gasteiger partial charge in [-0.25, -0.2) is 0 Å². The van der Waals surface area contributed by atoms with Gasteiger partial charge in [-0.3, -0.25) is 0 Å². The van der Waals surface area contributed by atoms with Gasteiger partial charge in [-0.2, -0.15) is 0 Å². The van der Waals surface area contributed by atoms with Crippen molar-refractivity contribution in [3.63, 3.8) is 0 Å². The lowest BCUT2D eigenvalue weighted by Gasteiger charge is -2.38. The van der Waals surface area contributed by atoms with Crippen molar-refractivity contribution in [2.45, 2.75) is 44.9 Å². The van der Waals surface area contributed by atoms with E-state index in [1.54, 1.807) is 0 Å². The van der Waals surface area contributed by atoms with Crippen LogP contribution >= 0.6 is 0 Å². The summed E-state index contributed by atoms with van der Waals surface area (Å²) in [5.41, 5.74) is 0.196. The molecule has 1 aliphatic heterocycles. The molecule has 1 heterocycles. The number of piperidine rings is 1. The number of aliphatic hydroxyl groups is 2. The molecule has 17 heavy (non-hydrogen) atoms. The van der Waals surface area contributed by atoms with Crippen LogP contribution in [0.3, 0.4) is 0 Å². The van der Waals surface area contributed by atoms with Crippen molar-refractivity contribution in [3.8, 4) is 0 Å². The van der Waals surface area contributed by atoms with Crippen molar-refractivity contribution in [2.24, 2.45) is 11.3 Å². The number of rotatable bonds is 5. The van der Waals surface area contributed by atoms with Gasteiger partial charge >= 0.3 is 0 Å². The molecular formula is C14H27NO2. The molecule has 3 heteroatoms. The van der Waals surface area contributed by atoms with E-state index < -0.39 is 0 Å². The zero-order valence-corrected chi connectivity index (χ0v) is 10.9. The molecule has 2 aliphatic rings. The Kier molecular flexibility index (Phi) is 4.83. The van der Waals surface area contributed by atoms with E-state index in [9.17, 15) is 5.11 Å². The maximum atomic E-state index is 9.65. The summed E-state index contributed by atoms with van der Waals surface area (Å²) in [6, 6.07) is 0. The van der Waals surface area contributed by atoms with Crippen molar-refractivity contribution < 1.29 is 10.2 Å². The molecule has 2 fully saturated rings. The van der Waals surface area contributed by atoms with Gasteiger partial charge in [0.15, 0.2) is 0 Å². The molecule has 0 bridgehead atoms. The first-order valence-corrected chi connectivity index (χ1v) is 7.22. The molecule has 1 unspecified atom stereocenters. The molecule has 2 N–H and O–H groups in total. The third kappa shape index (κ3) is 3.43. The van der Waals surface area contributed by atoms with Gasteiger partial charge in [0.05, 0.1) is 0 Å². The molecule has 0 radical (unpaired) electrons. The minimum Gasteiger partial charge on any atom is -0.396 e. The lowest BCUT2D eigenvalue weighted by atomic mass is 9.85. The monoisotopic (exact) mass is 241 g/mol. The summed E-state index contributed by atoms with van der Waals surface area (Å²) in [6.45, 7) is 4.06. The molecule has 1 atom stereocenters. The SMILES string of the molecule is OCCC1CCCN(CC2(CO)CCCC2)C1. The van der Waals surface area contributed by atoms with E-state index in [1.165, 1.54) is 45.1 Å². The summed E-state index contributed by atoms with van der Waals surface area (Å²) in [4.78, 5) is 2.53. The Hall–Kier alpha value is -0.120. The van der Waals surface area contributed by atoms with Gasteiger partial charge in [-0.05, 0) is 44.6 Å². The molecule has 0 spiro atoms. The Morgan fingerprint density at radius 2 is 1.88 bits per heavy atom. The second kappa shape index (κ2) is 6.17. The zero-order valence-electron chi connectivity index (χ0n) is 10.9. The largest absolute Gasteiger partial charge is 0.396 e. The second-order valence-electron chi connectivity index (χ2n) is 6.12. The quantitative estimate of drug-likeness (QED) is 0.769. The van der Waals surface area contributed by atoms with E-state index in [4.69, 9.17) is 5.11 Å². The third-order valence-electron chi connectivity index (χ3n) is 4.70. The van der Waals surface area contributed by atoms with E-state index in [0.29, 0.717) is 19.1 Å². The molecule has 0 amide bonds. The molecule has 1 saturated heterocycles. The third-order valence-corrected chi connectivity index (χ3v) is 4.70. The van der Waals surface area contributed by atoms with E-state index in [1.807, 2.05) is 0 Å². The number of nitrogens with zero attached hydrogens (tertiary/aromatic N) is 1. The van der Waals surface area contributed by atoms with Crippen LogP contribution in [0.5, 0.6) is 0 Å². The van der Waals surface area contributed by atoms with E-state index in [2.05, 4.69) is 4.90 Å². The minimum absolute atomic E-state index is 0.196. The average molecular weight is 241 g/mol. The van der Waals surface area contributed by atoms with Crippen LogP contribution in [0.1, 0.15) is 44.9 Å². The highest BCUT2D eigenvalue weighted by Gasteiger charge is 2.35. The molecule has 0 aromatic heterocycles. The second-order valence-corrected chi connectivity index (χ2v) is 6.12. The van der Waals surface area contributed by atoms with Gasteiger partial charge in [0.1, 0.15) is 0 Å². The molecule has 100 valence electrons.